The molecule has 6 aromatic rings. The monoisotopic (exact) mass is 900 g/mol. The van der Waals surface area contributed by atoms with Gasteiger partial charge in [0.25, 0.3) is 0 Å². The third-order valence-corrected chi connectivity index (χ3v) is 12.6. The highest BCUT2D eigenvalue weighted by Gasteiger charge is 2.28. The third-order valence-electron chi connectivity index (χ3n) is 11.5. The number of esters is 1. The van der Waals surface area contributed by atoms with Crippen LogP contribution in [0.2, 0.25) is 20.1 Å². The van der Waals surface area contributed by atoms with Gasteiger partial charge < -0.3 is 28.8 Å². The van der Waals surface area contributed by atoms with Gasteiger partial charge in [0.05, 0.1) is 52.9 Å². The molecule has 318 valence electrons. The maximum absolute atomic E-state index is 12.2. The molecule has 0 spiro atoms. The zero-order valence-electron chi connectivity index (χ0n) is 33.9. The summed E-state index contributed by atoms with van der Waals surface area (Å²) in [4.78, 5) is 19.6. The number of fused-ring (bicyclic) bond motifs is 1. The number of nitrogens with zero attached hydrogens (tertiary/aromatic N) is 3. The van der Waals surface area contributed by atoms with Gasteiger partial charge in [-0.3, -0.25) is 4.90 Å². The normalized spacial score (nSPS) is 18.7. The molecule has 61 heavy (non-hydrogen) atoms. The minimum atomic E-state index is -0.345. The number of hydrogen-bond donors (Lipinski definition) is 1. The van der Waals surface area contributed by atoms with Crippen LogP contribution in [0.1, 0.15) is 69.5 Å². The van der Waals surface area contributed by atoms with E-state index in [1.807, 2.05) is 12.1 Å². The second-order valence-corrected chi connectivity index (χ2v) is 17.4. The predicted octanol–water partition coefficient (Wildman–Crippen LogP) is 11.1. The number of methoxy groups -OCH3 is 1. The van der Waals surface area contributed by atoms with Gasteiger partial charge in [-0.1, -0.05) is 94.9 Å². The quantitative estimate of drug-likeness (QED) is 0.115. The van der Waals surface area contributed by atoms with Gasteiger partial charge in [-0.25, -0.2) is 9.78 Å². The SMILES string of the molecule is COC(=O)c1ccc2nc(CN3CCC(c4cccc(COc5ccc(Cl)cc5Cl)c4)C3)n(C[C@@H]3CCO3)c2c1.Clc1ccc(OCc2cccc(C3CCNC3)c2)c(Cl)c1. The molecule has 9 rings (SSSR count). The number of halogens is 4. The van der Waals surface area contributed by atoms with Crippen LogP contribution in [-0.2, 0) is 35.8 Å². The summed E-state index contributed by atoms with van der Waals surface area (Å²) in [7, 11) is 1.40. The first kappa shape index (κ1) is 43.3. The molecule has 3 fully saturated rings. The number of carbonyl (C=O) groups excluding carboxylic acids is 1. The molecular formula is C48H48Cl4N4O5. The summed E-state index contributed by atoms with van der Waals surface area (Å²) in [6.45, 7) is 7.31. The zero-order valence-corrected chi connectivity index (χ0v) is 37.0. The largest absolute Gasteiger partial charge is 0.487 e. The Balaban J connectivity index is 0.000000205. The van der Waals surface area contributed by atoms with Crippen LogP contribution in [0.4, 0.5) is 0 Å². The second-order valence-electron chi connectivity index (χ2n) is 15.7. The van der Waals surface area contributed by atoms with E-state index in [2.05, 4.69) is 63.3 Å². The van der Waals surface area contributed by atoms with E-state index in [0.29, 0.717) is 62.2 Å². The van der Waals surface area contributed by atoms with Crippen molar-refractivity contribution in [1.82, 2.24) is 19.8 Å². The number of carbonyl (C=O) groups is 1. The maximum Gasteiger partial charge on any atom is 0.337 e. The fourth-order valence-corrected chi connectivity index (χ4v) is 9.07. The van der Waals surface area contributed by atoms with Crippen molar-refractivity contribution in [3.8, 4) is 11.5 Å². The van der Waals surface area contributed by atoms with Crippen LogP contribution in [0.15, 0.2) is 103 Å². The van der Waals surface area contributed by atoms with Gasteiger partial charge in [0, 0.05) is 29.7 Å². The summed E-state index contributed by atoms with van der Waals surface area (Å²) in [6, 6.07) is 33.3. The molecule has 0 saturated carbocycles. The standard InChI is InChI=1S/C31H31Cl2N3O4.C17H17Cl2NO/c1-38-31(37)22-5-7-27-28(14-22)36(17-25-10-12-39-25)30(34-27)18-35-11-9-23(16-35)21-4-2-3-20(13-21)19-40-29-8-6-24(32)15-26(29)33;18-15-4-5-17(16(19)9-15)21-11-12-2-1-3-13(8-12)14-6-7-20-10-14/h2-8,13-15,23,25H,9-12,16-19H2,1H3;1-5,8-9,14,20H,6-7,10-11H2/t23?,25-;/m0./s1. The average molecular weight is 903 g/mol. The van der Waals surface area contributed by atoms with Crippen molar-refractivity contribution in [3.05, 3.63) is 157 Å². The van der Waals surface area contributed by atoms with Gasteiger partial charge in [-0.15, -0.1) is 0 Å². The van der Waals surface area contributed by atoms with Crippen LogP contribution in [0.25, 0.3) is 11.0 Å². The number of benzene rings is 5. The lowest BCUT2D eigenvalue weighted by Crippen LogP contribution is -2.32. The van der Waals surface area contributed by atoms with Crippen LogP contribution < -0.4 is 14.8 Å². The molecule has 3 atom stereocenters. The highest BCUT2D eigenvalue weighted by Crippen LogP contribution is 2.33. The molecule has 3 aliphatic rings. The van der Waals surface area contributed by atoms with Crippen molar-refractivity contribution in [2.75, 3.05) is 39.9 Å². The van der Waals surface area contributed by atoms with Crippen LogP contribution in [0, 0.1) is 0 Å². The van der Waals surface area contributed by atoms with Gasteiger partial charge in [-0.2, -0.15) is 0 Å². The van der Waals surface area contributed by atoms with Gasteiger partial charge >= 0.3 is 5.97 Å². The smallest absolute Gasteiger partial charge is 0.337 e. The van der Waals surface area contributed by atoms with Crippen LogP contribution in [0.3, 0.4) is 0 Å². The number of imidazole rings is 1. The fourth-order valence-electron chi connectivity index (χ4n) is 8.14. The lowest BCUT2D eigenvalue weighted by Gasteiger charge is -2.28. The fraction of sp³-hybridized carbons (Fsp3) is 0.333. The molecular weight excluding hydrogens is 854 g/mol. The predicted molar refractivity (Wildman–Crippen MR) is 243 cm³/mol. The summed E-state index contributed by atoms with van der Waals surface area (Å²) in [6.07, 6.45) is 3.49. The van der Waals surface area contributed by atoms with E-state index in [1.165, 1.54) is 24.7 Å². The van der Waals surface area contributed by atoms with Crippen molar-refractivity contribution < 1.29 is 23.7 Å². The molecule has 9 nitrogen and oxygen atoms in total. The van der Waals surface area contributed by atoms with Gasteiger partial charge in [0.1, 0.15) is 30.5 Å². The Morgan fingerprint density at radius 1 is 0.787 bits per heavy atom. The summed E-state index contributed by atoms with van der Waals surface area (Å²) in [5.74, 6) is 2.98. The maximum atomic E-state index is 12.2. The molecule has 1 N–H and O–H groups in total. The molecule has 0 amide bonds. The van der Waals surface area contributed by atoms with Gasteiger partial charge in [0.2, 0.25) is 0 Å². The van der Waals surface area contributed by atoms with Crippen LogP contribution in [-0.4, -0.2) is 66.4 Å². The Hall–Kier alpha value is -4.32. The van der Waals surface area contributed by atoms with Crippen molar-refractivity contribution in [2.45, 2.75) is 63.5 Å². The molecule has 1 aromatic heterocycles. The van der Waals surface area contributed by atoms with Crippen molar-refractivity contribution in [2.24, 2.45) is 0 Å². The zero-order chi connectivity index (χ0) is 42.3. The number of likely N-dealkylation sites (tertiary alicyclic amines) is 1. The van der Waals surface area contributed by atoms with E-state index >= 15 is 0 Å². The van der Waals surface area contributed by atoms with Crippen LogP contribution >= 0.6 is 46.4 Å². The summed E-state index contributed by atoms with van der Waals surface area (Å²) in [5.41, 5.74) is 7.30. The van der Waals surface area contributed by atoms with Crippen molar-refractivity contribution in [1.29, 1.82) is 0 Å². The number of rotatable bonds is 13. The molecule has 2 unspecified atom stereocenters. The first-order valence-electron chi connectivity index (χ1n) is 20.6. The first-order chi connectivity index (χ1) is 29.7. The molecule has 4 heterocycles. The van der Waals surface area contributed by atoms with Gasteiger partial charge in [0.15, 0.2) is 0 Å². The van der Waals surface area contributed by atoms with E-state index in [9.17, 15) is 4.79 Å². The molecule has 0 bridgehead atoms. The summed E-state index contributed by atoms with van der Waals surface area (Å²) in [5, 5.41) is 5.65. The number of nitrogens with one attached hydrogen (secondary N) is 1. The van der Waals surface area contributed by atoms with E-state index in [4.69, 9.17) is 70.3 Å². The lowest BCUT2D eigenvalue weighted by atomic mass is 9.97. The Morgan fingerprint density at radius 2 is 1.44 bits per heavy atom. The van der Waals surface area contributed by atoms with E-state index in [1.54, 1.807) is 42.5 Å². The minimum absolute atomic E-state index is 0.178. The third kappa shape index (κ3) is 11.0. The lowest BCUT2D eigenvalue weighted by molar-refractivity contribution is -0.0591. The topological polar surface area (TPSA) is 87.1 Å². The Labute approximate surface area is 376 Å². The highest BCUT2D eigenvalue weighted by molar-refractivity contribution is 6.36. The van der Waals surface area contributed by atoms with E-state index in [0.717, 1.165) is 86.7 Å². The van der Waals surface area contributed by atoms with E-state index < -0.39 is 0 Å². The molecule has 3 saturated heterocycles. The molecule has 13 heteroatoms. The highest BCUT2D eigenvalue weighted by atomic mass is 35.5. The Kier molecular flexibility index (Phi) is 14.4. The minimum Gasteiger partial charge on any atom is -0.487 e. The molecule has 0 aliphatic carbocycles. The molecule has 5 aromatic carbocycles. The molecule has 0 radical (unpaired) electrons. The van der Waals surface area contributed by atoms with E-state index in [-0.39, 0.29) is 12.1 Å². The van der Waals surface area contributed by atoms with Gasteiger partial charge in [-0.05, 0) is 121 Å². The number of hydrogen-bond acceptors (Lipinski definition) is 8. The number of ether oxygens (including phenoxy) is 4. The Bertz CT molecular complexity index is 2470. The molecule has 3 aliphatic heterocycles. The van der Waals surface area contributed by atoms with Crippen molar-refractivity contribution in [3.63, 3.8) is 0 Å². The first-order valence-corrected chi connectivity index (χ1v) is 22.2. The Morgan fingerprint density at radius 3 is 2.02 bits per heavy atom. The summed E-state index contributed by atoms with van der Waals surface area (Å²) >= 11 is 24.3. The average Bonchev–Trinajstić information content (AvgIpc) is 4.03. The number of aromatic nitrogens is 2. The van der Waals surface area contributed by atoms with Crippen molar-refractivity contribution >= 4 is 63.4 Å². The summed E-state index contributed by atoms with van der Waals surface area (Å²) < 4.78 is 24.7. The van der Waals surface area contributed by atoms with Crippen LogP contribution in [0.5, 0.6) is 11.5 Å². The second kappa shape index (κ2) is 20.2.